The van der Waals surface area contributed by atoms with E-state index >= 15 is 0 Å². The summed E-state index contributed by atoms with van der Waals surface area (Å²) in [5.74, 6) is 8.34. The SMILES string of the molecule is CC(C)CC(c1ccc(OC(OC2CC3C4CCCC4C23)C2CCC3C=CC=CC32)cc1)C(C)C. The lowest BCUT2D eigenvalue weighted by atomic mass is 9.46. The van der Waals surface area contributed by atoms with Crippen molar-refractivity contribution in [2.45, 2.75) is 91.0 Å². The van der Waals surface area contributed by atoms with Crippen molar-refractivity contribution in [2.75, 3.05) is 0 Å². The van der Waals surface area contributed by atoms with Gasteiger partial charge in [0, 0.05) is 5.92 Å². The quantitative estimate of drug-likeness (QED) is 0.335. The fraction of sp³-hybridized carbons (Fsp3) is 0.697. The third-order valence-electron chi connectivity index (χ3n) is 10.5. The predicted molar refractivity (Wildman–Crippen MR) is 143 cm³/mol. The maximum atomic E-state index is 6.95. The average molecular weight is 475 g/mol. The average Bonchev–Trinajstić information content (AvgIpc) is 3.44. The maximum Gasteiger partial charge on any atom is 0.203 e. The Morgan fingerprint density at radius 2 is 1.63 bits per heavy atom. The van der Waals surface area contributed by atoms with Gasteiger partial charge in [0.2, 0.25) is 6.29 Å². The highest BCUT2D eigenvalue weighted by Gasteiger charge is 2.62. The molecule has 5 aliphatic carbocycles. The summed E-state index contributed by atoms with van der Waals surface area (Å²) in [5.41, 5.74) is 1.45. The summed E-state index contributed by atoms with van der Waals surface area (Å²) < 4.78 is 13.7. The van der Waals surface area contributed by atoms with Gasteiger partial charge < -0.3 is 9.47 Å². The van der Waals surface area contributed by atoms with Gasteiger partial charge in [0.15, 0.2) is 0 Å². The summed E-state index contributed by atoms with van der Waals surface area (Å²) >= 11 is 0. The second kappa shape index (κ2) is 9.73. The lowest BCUT2D eigenvalue weighted by Crippen LogP contribution is -2.61. The number of hydrogen-bond donors (Lipinski definition) is 0. The van der Waals surface area contributed by atoms with E-state index in [0.29, 0.717) is 41.6 Å². The third kappa shape index (κ3) is 4.43. The van der Waals surface area contributed by atoms with Crippen molar-refractivity contribution < 1.29 is 9.47 Å². The molecule has 0 amide bonds. The zero-order valence-electron chi connectivity index (χ0n) is 22.3. The molecule has 1 aromatic rings. The van der Waals surface area contributed by atoms with Crippen LogP contribution in [0.2, 0.25) is 0 Å². The molecule has 0 bridgehead atoms. The van der Waals surface area contributed by atoms with Crippen LogP contribution in [0.1, 0.15) is 84.1 Å². The van der Waals surface area contributed by atoms with Crippen LogP contribution in [-0.4, -0.2) is 12.4 Å². The summed E-state index contributed by atoms with van der Waals surface area (Å²) in [4.78, 5) is 0. The van der Waals surface area contributed by atoms with Crippen molar-refractivity contribution in [1.29, 1.82) is 0 Å². The fourth-order valence-electron chi connectivity index (χ4n) is 8.67. The van der Waals surface area contributed by atoms with Crippen molar-refractivity contribution >= 4 is 0 Å². The Labute approximate surface area is 213 Å². The molecule has 35 heavy (non-hydrogen) atoms. The van der Waals surface area contributed by atoms with Crippen LogP contribution < -0.4 is 4.74 Å². The third-order valence-corrected chi connectivity index (χ3v) is 10.5. The monoisotopic (exact) mass is 474 g/mol. The highest BCUT2D eigenvalue weighted by molar-refractivity contribution is 5.30. The first-order valence-corrected chi connectivity index (χ1v) is 14.8. The molecule has 2 nitrogen and oxygen atoms in total. The normalized spacial score (nSPS) is 38.5. The van der Waals surface area contributed by atoms with Crippen molar-refractivity contribution in [3.8, 4) is 5.75 Å². The van der Waals surface area contributed by atoms with Gasteiger partial charge in [-0.15, -0.1) is 0 Å². The fourth-order valence-corrected chi connectivity index (χ4v) is 8.67. The Bertz CT molecular complexity index is 927. The Morgan fingerprint density at radius 1 is 0.857 bits per heavy atom. The molecular weight excluding hydrogens is 428 g/mol. The summed E-state index contributed by atoms with van der Waals surface area (Å²) in [6, 6.07) is 9.05. The van der Waals surface area contributed by atoms with E-state index in [2.05, 4.69) is 76.3 Å². The van der Waals surface area contributed by atoms with Gasteiger partial charge in [-0.05, 0) is 109 Å². The summed E-state index contributed by atoms with van der Waals surface area (Å²) in [6.07, 6.45) is 18.9. The van der Waals surface area contributed by atoms with E-state index in [-0.39, 0.29) is 6.29 Å². The smallest absolute Gasteiger partial charge is 0.203 e. The zero-order chi connectivity index (χ0) is 24.1. The van der Waals surface area contributed by atoms with Crippen LogP contribution in [0.3, 0.4) is 0 Å². The van der Waals surface area contributed by atoms with Gasteiger partial charge in [-0.1, -0.05) is 70.6 Å². The zero-order valence-corrected chi connectivity index (χ0v) is 22.3. The molecule has 0 saturated heterocycles. The van der Waals surface area contributed by atoms with Crippen LogP contribution in [0.5, 0.6) is 5.75 Å². The van der Waals surface area contributed by atoms with E-state index in [1.54, 1.807) is 0 Å². The maximum absolute atomic E-state index is 6.95. The van der Waals surface area contributed by atoms with Gasteiger partial charge in [-0.2, -0.15) is 0 Å². The molecule has 0 aliphatic heterocycles. The Balaban J connectivity index is 1.18. The first kappa shape index (κ1) is 23.8. The molecule has 4 fully saturated rings. The highest BCUT2D eigenvalue weighted by Crippen LogP contribution is 2.65. The Hall–Kier alpha value is -1.54. The molecule has 2 heteroatoms. The first-order valence-electron chi connectivity index (χ1n) is 14.8. The number of allylic oxidation sites excluding steroid dienone is 4. The van der Waals surface area contributed by atoms with Crippen LogP contribution in [-0.2, 0) is 4.74 Å². The van der Waals surface area contributed by atoms with E-state index in [4.69, 9.17) is 9.47 Å². The summed E-state index contributed by atoms with van der Waals surface area (Å²) in [5, 5.41) is 0. The Morgan fingerprint density at radius 3 is 2.40 bits per heavy atom. The van der Waals surface area contributed by atoms with Gasteiger partial charge in [-0.3, -0.25) is 0 Å². The van der Waals surface area contributed by atoms with Crippen LogP contribution in [0.15, 0.2) is 48.6 Å². The van der Waals surface area contributed by atoms with Crippen LogP contribution in [0.25, 0.3) is 0 Å². The topological polar surface area (TPSA) is 18.5 Å². The number of rotatable bonds is 9. The molecule has 6 rings (SSSR count). The molecule has 0 heterocycles. The van der Waals surface area contributed by atoms with Crippen molar-refractivity contribution in [2.24, 2.45) is 53.3 Å². The largest absolute Gasteiger partial charge is 0.465 e. The van der Waals surface area contributed by atoms with Gasteiger partial charge in [0.1, 0.15) is 5.75 Å². The van der Waals surface area contributed by atoms with Gasteiger partial charge in [0.05, 0.1) is 6.10 Å². The minimum atomic E-state index is -0.130. The molecule has 0 N–H and O–H groups in total. The number of hydrogen-bond acceptors (Lipinski definition) is 2. The van der Waals surface area contributed by atoms with E-state index in [1.165, 1.54) is 50.5 Å². The first-order chi connectivity index (χ1) is 17.0. The lowest BCUT2D eigenvalue weighted by Gasteiger charge is -2.62. The minimum absolute atomic E-state index is 0.130. The molecule has 10 unspecified atom stereocenters. The molecule has 4 saturated carbocycles. The van der Waals surface area contributed by atoms with E-state index in [1.807, 2.05) is 0 Å². The van der Waals surface area contributed by atoms with E-state index in [9.17, 15) is 0 Å². The van der Waals surface area contributed by atoms with E-state index in [0.717, 1.165) is 29.4 Å². The predicted octanol–water partition coefficient (Wildman–Crippen LogP) is 8.40. The minimum Gasteiger partial charge on any atom is -0.465 e. The molecule has 0 aromatic heterocycles. The number of benzene rings is 1. The van der Waals surface area contributed by atoms with Crippen molar-refractivity contribution in [1.82, 2.24) is 0 Å². The molecule has 190 valence electrons. The van der Waals surface area contributed by atoms with Gasteiger partial charge in [0.25, 0.3) is 0 Å². The molecular formula is C33H46O2. The highest BCUT2D eigenvalue weighted by atomic mass is 16.7. The second-order valence-electron chi connectivity index (χ2n) is 13.2. The number of fused-ring (bicyclic) bond motifs is 5. The van der Waals surface area contributed by atoms with Crippen LogP contribution >= 0.6 is 0 Å². The van der Waals surface area contributed by atoms with Crippen molar-refractivity contribution in [3.05, 3.63) is 54.1 Å². The van der Waals surface area contributed by atoms with Crippen LogP contribution in [0.4, 0.5) is 0 Å². The summed E-state index contributed by atoms with van der Waals surface area (Å²) in [6.45, 7) is 9.37. The molecule has 1 aromatic carbocycles. The molecule has 0 radical (unpaired) electrons. The van der Waals surface area contributed by atoms with E-state index < -0.39 is 0 Å². The second-order valence-corrected chi connectivity index (χ2v) is 13.2. The van der Waals surface area contributed by atoms with Crippen LogP contribution in [0, 0.1) is 53.3 Å². The standard InChI is InChI=1S/C33H46O2/c1-20(2)18-29(21(3)4)23-12-15-24(16-13-23)34-33(28-17-14-22-8-5-6-9-25(22)28)35-31-19-30-26-10-7-11-27(26)32(30)31/h5-6,8-9,12-13,15-16,20-22,25-33H,7,10-11,14,17-19H2,1-4H3. The molecule has 0 spiro atoms. The molecule has 5 aliphatic rings. The lowest BCUT2D eigenvalue weighted by molar-refractivity contribution is -0.259. The van der Waals surface area contributed by atoms with Gasteiger partial charge in [-0.25, -0.2) is 0 Å². The Kier molecular flexibility index (Phi) is 6.63. The number of ether oxygens (including phenoxy) is 2. The van der Waals surface area contributed by atoms with Crippen molar-refractivity contribution in [3.63, 3.8) is 0 Å². The molecule has 10 atom stereocenters. The van der Waals surface area contributed by atoms with Gasteiger partial charge >= 0.3 is 0 Å². The summed E-state index contributed by atoms with van der Waals surface area (Å²) in [7, 11) is 0.